The average Bonchev–Trinajstić information content (AvgIpc) is 2.24. The quantitative estimate of drug-likeness (QED) is 0.624. The van der Waals surface area contributed by atoms with Crippen LogP contribution in [0.25, 0.3) is 0 Å². The van der Waals surface area contributed by atoms with Crippen molar-refractivity contribution in [2.45, 2.75) is 25.6 Å². The molecular formula is C12H15BrO2. The lowest BCUT2D eigenvalue weighted by Gasteiger charge is -2.10. The Morgan fingerprint density at radius 3 is 2.60 bits per heavy atom. The van der Waals surface area contributed by atoms with E-state index in [1.165, 1.54) is 23.8 Å². The number of methoxy groups -OCH3 is 1. The van der Waals surface area contributed by atoms with Crippen molar-refractivity contribution >= 4 is 21.9 Å². The van der Waals surface area contributed by atoms with Gasteiger partial charge in [-0.15, -0.1) is 0 Å². The van der Waals surface area contributed by atoms with E-state index in [0.717, 1.165) is 10.9 Å². The number of halogens is 1. The van der Waals surface area contributed by atoms with Gasteiger partial charge in [0.2, 0.25) is 0 Å². The molecule has 0 atom stereocenters. The number of esters is 1. The van der Waals surface area contributed by atoms with Gasteiger partial charge in [0, 0.05) is 5.33 Å². The smallest absolute Gasteiger partial charge is 0.309 e. The molecule has 0 fully saturated rings. The third-order valence-electron chi connectivity index (χ3n) is 2.55. The van der Waals surface area contributed by atoms with Crippen LogP contribution in [-0.2, 0) is 21.3 Å². The first kappa shape index (κ1) is 12.2. The van der Waals surface area contributed by atoms with E-state index >= 15 is 0 Å². The molecule has 0 aromatic heterocycles. The highest BCUT2D eigenvalue weighted by molar-refractivity contribution is 9.08. The fourth-order valence-corrected chi connectivity index (χ4v) is 1.83. The summed E-state index contributed by atoms with van der Waals surface area (Å²) in [7, 11) is 1.42. The van der Waals surface area contributed by atoms with Crippen molar-refractivity contribution in [3.8, 4) is 0 Å². The van der Waals surface area contributed by atoms with Gasteiger partial charge < -0.3 is 4.74 Å². The highest BCUT2D eigenvalue weighted by atomic mass is 79.9. The van der Waals surface area contributed by atoms with E-state index in [1.54, 1.807) is 0 Å². The predicted octanol–water partition coefficient (Wildman–Crippen LogP) is 2.91. The maximum absolute atomic E-state index is 11.2. The van der Waals surface area contributed by atoms with Crippen LogP contribution in [0.4, 0.5) is 0 Å². The Morgan fingerprint density at radius 1 is 1.40 bits per heavy atom. The Labute approximate surface area is 98.8 Å². The standard InChI is InChI=1S/C12H15BrO2/c1-8-4-10(7-13)5-11(9(8)2)6-12(14)15-3/h4-5H,6-7H2,1-3H3. The van der Waals surface area contributed by atoms with Crippen molar-refractivity contribution < 1.29 is 9.53 Å². The van der Waals surface area contributed by atoms with Gasteiger partial charge in [0.1, 0.15) is 0 Å². The van der Waals surface area contributed by atoms with Crippen LogP contribution in [-0.4, -0.2) is 13.1 Å². The van der Waals surface area contributed by atoms with Crippen LogP contribution in [0.15, 0.2) is 12.1 Å². The molecule has 3 heteroatoms. The van der Waals surface area contributed by atoms with E-state index in [-0.39, 0.29) is 5.97 Å². The van der Waals surface area contributed by atoms with Gasteiger partial charge in [0.15, 0.2) is 0 Å². The van der Waals surface area contributed by atoms with E-state index < -0.39 is 0 Å². The van der Waals surface area contributed by atoms with Gasteiger partial charge in [0.05, 0.1) is 13.5 Å². The van der Waals surface area contributed by atoms with Crippen LogP contribution < -0.4 is 0 Å². The minimum absolute atomic E-state index is 0.191. The summed E-state index contributed by atoms with van der Waals surface area (Å²) in [6, 6.07) is 4.18. The van der Waals surface area contributed by atoms with Gasteiger partial charge in [-0.25, -0.2) is 0 Å². The largest absolute Gasteiger partial charge is 0.469 e. The maximum atomic E-state index is 11.2. The second-order valence-corrected chi connectivity index (χ2v) is 4.14. The Balaban J connectivity index is 3.05. The molecule has 0 radical (unpaired) electrons. The fourth-order valence-electron chi connectivity index (χ4n) is 1.50. The van der Waals surface area contributed by atoms with Gasteiger partial charge in [-0.05, 0) is 36.1 Å². The molecule has 0 spiro atoms. The van der Waals surface area contributed by atoms with Crippen LogP contribution in [0.1, 0.15) is 22.3 Å². The molecule has 0 heterocycles. The van der Waals surface area contributed by atoms with Crippen molar-refractivity contribution in [2.75, 3.05) is 7.11 Å². The third-order valence-corrected chi connectivity index (χ3v) is 3.20. The number of aryl methyl sites for hydroxylation is 1. The van der Waals surface area contributed by atoms with Crippen LogP contribution in [0.3, 0.4) is 0 Å². The number of benzene rings is 1. The molecule has 15 heavy (non-hydrogen) atoms. The molecule has 82 valence electrons. The molecular weight excluding hydrogens is 256 g/mol. The molecule has 0 saturated heterocycles. The van der Waals surface area contributed by atoms with E-state index in [9.17, 15) is 4.79 Å². The van der Waals surface area contributed by atoms with Crippen LogP contribution in [0.2, 0.25) is 0 Å². The first-order valence-electron chi connectivity index (χ1n) is 4.80. The topological polar surface area (TPSA) is 26.3 Å². The number of ether oxygens (including phenoxy) is 1. The molecule has 1 rings (SSSR count). The molecule has 0 amide bonds. The minimum Gasteiger partial charge on any atom is -0.469 e. The summed E-state index contributed by atoms with van der Waals surface area (Å²) in [6.07, 6.45) is 0.351. The lowest BCUT2D eigenvalue weighted by atomic mass is 9.98. The molecule has 0 N–H and O–H groups in total. The van der Waals surface area contributed by atoms with Crippen molar-refractivity contribution in [1.82, 2.24) is 0 Å². The Bertz CT molecular complexity index is 372. The van der Waals surface area contributed by atoms with Crippen molar-refractivity contribution in [1.29, 1.82) is 0 Å². The van der Waals surface area contributed by atoms with Gasteiger partial charge in [0.25, 0.3) is 0 Å². The van der Waals surface area contributed by atoms with Crippen LogP contribution >= 0.6 is 15.9 Å². The number of hydrogen-bond donors (Lipinski definition) is 0. The third kappa shape index (κ3) is 3.06. The SMILES string of the molecule is COC(=O)Cc1cc(CBr)cc(C)c1C. The van der Waals surface area contributed by atoms with Gasteiger partial charge in [-0.3, -0.25) is 4.79 Å². The second kappa shape index (κ2) is 5.31. The molecule has 1 aromatic carbocycles. The normalized spacial score (nSPS) is 10.1. The second-order valence-electron chi connectivity index (χ2n) is 3.58. The summed E-state index contributed by atoms with van der Waals surface area (Å²) in [5.41, 5.74) is 4.63. The summed E-state index contributed by atoms with van der Waals surface area (Å²) in [5.74, 6) is -0.191. The zero-order chi connectivity index (χ0) is 11.4. The van der Waals surface area contributed by atoms with Gasteiger partial charge in [-0.2, -0.15) is 0 Å². The molecule has 0 unspecified atom stereocenters. The van der Waals surface area contributed by atoms with E-state index in [4.69, 9.17) is 0 Å². The number of carbonyl (C=O) groups excluding carboxylic acids is 1. The molecule has 0 aliphatic heterocycles. The van der Waals surface area contributed by atoms with E-state index in [1.807, 2.05) is 13.0 Å². The zero-order valence-corrected chi connectivity index (χ0v) is 10.8. The maximum Gasteiger partial charge on any atom is 0.309 e. The van der Waals surface area contributed by atoms with E-state index in [0.29, 0.717) is 6.42 Å². The first-order valence-corrected chi connectivity index (χ1v) is 5.92. The predicted molar refractivity (Wildman–Crippen MR) is 64.3 cm³/mol. The summed E-state index contributed by atoms with van der Waals surface area (Å²) < 4.78 is 4.67. The summed E-state index contributed by atoms with van der Waals surface area (Å²) in [6.45, 7) is 4.09. The molecule has 0 saturated carbocycles. The highest BCUT2D eigenvalue weighted by Crippen LogP contribution is 2.19. The van der Waals surface area contributed by atoms with Crippen molar-refractivity contribution in [2.24, 2.45) is 0 Å². The zero-order valence-electron chi connectivity index (χ0n) is 9.26. The lowest BCUT2D eigenvalue weighted by molar-refractivity contribution is -0.139. The average molecular weight is 271 g/mol. The highest BCUT2D eigenvalue weighted by Gasteiger charge is 2.08. The number of rotatable bonds is 3. The van der Waals surface area contributed by atoms with Gasteiger partial charge in [-0.1, -0.05) is 28.1 Å². The molecule has 0 aliphatic rings. The summed E-state index contributed by atoms with van der Waals surface area (Å²) in [5, 5.41) is 0.808. The summed E-state index contributed by atoms with van der Waals surface area (Å²) >= 11 is 3.42. The number of hydrogen-bond acceptors (Lipinski definition) is 2. The Morgan fingerprint density at radius 2 is 2.07 bits per heavy atom. The molecule has 1 aromatic rings. The number of carbonyl (C=O) groups is 1. The first-order chi connectivity index (χ1) is 7.08. The van der Waals surface area contributed by atoms with Crippen LogP contribution in [0, 0.1) is 13.8 Å². The monoisotopic (exact) mass is 270 g/mol. The fraction of sp³-hybridized carbons (Fsp3) is 0.417. The van der Waals surface area contributed by atoms with Gasteiger partial charge >= 0.3 is 5.97 Å². The van der Waals surface area contributed by atoms with Crippen molar-refractivity contribution in [3.63, 3.8) is 0 Å². The van der Waals surface area contributed by atoms with E-state index in [2.05, 4.69) is 33.7 Å². The molecule has 0 bridgehead atoms. The molecule has 2 nitrogen and oxygen atoms in total. The number of alkyl halides is 1. The molecule has 0 aliphatic carbocycles. The van der Waals surface area contributed by atoms with Crippen LogP contribution in [0.5, 0.6) is 0 Å². The lowest BCUT2D eigenvalue weighted by Crippen LogP contribution is -2.07. The summed E-state index contributed by atoms with van der Waals surface area (Å²) in [4.78, 5) is 11.2. The Kier molecular flexibility index (Phi) is 4.33. The Hall–Kier alpha value is -0.830. The minimum atomic E-state index is -0.191. The van der Waals surface area contributed by atoms with Crippen molar-refractivity contribution in [3.05, 3.63) is 34.4 Å².